The number of rotatable bonds is 6. The summed E-state index contributed by atoms with van der Waals surface area (Å²) in [6.07, 6.45) is 0.493. The number of aryl methyl sites for hydroxylation is 2. The van der Waals surface area contributed by atoms with Crippen molar-refractivity contribution in [3.8, 4) is 0 Å². The molecule has 1 aliphatic rings. The molecular formula is C15H25N5O4S. The number of imide groups is 1. The van der Waals surface area contributed by atoms with Gasteiger partial charge in [-0.15, -0.1) is 0 Å². The van der Waals surface area contributed by atoms with Crippen molar-refractivity contribution in [2.75, 3.05) is 13.1 Å². The predicted molar refractivity (Wildman–Crippen MR) is 91.5 cm³/mol. The van der Waals surface area contributed by atoms with Crippen LogP contribution >= 0.6 is 0 Å². The third-order valence-corrected chi connectivity index (χ3v) is 5.72. The fraction of sp³-hybridized carbons (Fsp3) is 0.667. The summed E-state index contributed by atoms with van der Waals surface area (Å²) in [5.74, 6) is -0.254. The van der Waals surface area contributed by atoms with Gasteiger partial charge in [-0.05, 0) is 41.0 Å². The van der Waals surface area contributed by atoms with E-state index < -0.39 is 21.6 Å². The summed E-state index contributed by atoms with van der Waals surface area (Å²) in [4.78, 5) is 24.4. The molecule has 2 rings (SSSR count). The van der Waals surface area contributed by atoms with Crippen LogP contribution in [-0.4, -0.2) is 53.7 Å². The molecule has 1 aromatic rings. The number of urea groups is 1. The summed E-state index contributed by atoms with van der Waals surface area (Å²) >= 11 is 0. The van der Waals surface area contributed by atoms with E-state index in [1.54, 1.807) is 39.3 Å². The Bertz CT molecular complexity index is 776. The Hall–Kier alpha value is -1.94. The third-order valence-electron chi connectivity index (χ3n) is 3.71. The highest BCUT2D eigenvalue weighted by Crippen LogP contribution is 2.21. The van der Waals surface area contributed by atoms with Crippen molar-refractivity contribution in [1.82, 2.24) is 24.7 Å². The van der Waals surface area contributed by atoms with Crippen LogP contribution in [0.3, 0.4) is 0 Å². The molecule has 0 aliphatic carbocycles. The quantitative estimate of drug-likeness (QED) is 0.708. The van der Waals surface area contributed by atoms with Gasteiger partial charge in [0.25, 0.3) is 0 Å². The van der Waals surface area contributed by atoms with Gasteiger partial charge >= 0.3 is 6.03 Å². The molecule has 3 amide bonds. The van der Waals surface area contributed by atoms with Gasteiger partial charge in [-0.25, -0.2) is 17.9 Å². The fourth-order valence-corrected chi connectivity index (χ4v) is 4.63. The molecule has 1 aromatic heterocycles. The fourth-order valence-electron chi connectivity index (χ4n) is 2.80. The summed E-state index contributed by atoms with van der Waals surface area (Å²) in [7, 11) is -3.68. The average molecular weight is 371 g/mol. The zero-order valence-corrected chi connectivity index (χ0v) is 16.0. The molecule has 0 spiro atoms. The first-order valence-electron chi connectivity index (χ1n) is 8.08. The lowest BCUT2D eigenvalue weighted by Gasteiger charge is -2.20. The Morgan fingerprint density at radius 2 is 1.84 bits per heavy atom. The molecule has 0 unspecified atom stereocenters. The van der Waals surface area contributed by atoms with Crippen molar-refractivity contribution < 1.29 is 18.0 Å². The van der Waals surface area contributed by atoms with Gasteiger partial charge in [-0.2, -0.15) is 5.10 Å². The normalized spacial score (nSPS) is 15.8. The number of nitrogens with one attached hydrogen (secondary N) is 2. The third kappa shape index (κ3) is 4.37. The first-order valence-corrected chi connectivity index (χ1v) is 9.57. The second-order valence-electron chi connectivity index (χ2n) is 7.14. The zero-order valence-electron chi connectivity index (χ0n) is 15.2. The van der Waals surface area contributed by atoms with E-state index in [1.807, 2.05) is 0 Å². The zero-order chi connectivity index (χ0) is 19.0. The summed E-state index contributed by atoms with van der Waals surface area (Å²) in [6.45, 7) is 9.38. The number of carbonyl (C=O) groups is 2. The van der Waals surface area contributed by atoms with Gasteiger partial charge in [0, 0.05) is 18.6 Å². The lowest BCUT2D eigenvalue weighted by molar-refractivity contribution is -0.125. The van der Waals surface area contributed by atoms with E-state index in [4.69, 9.17) is 0 Å². The second kappa shape index (κ2) is 6.75. The highest BCUT2D eigenvalue weighted by molar-refractivity contribution is 7.89. The molecule has 0 radical (unpaired) electrons. The van der Waals surface area contributed by atoms with E-state index in [2.05, 4.69) is 15.1 Å². The lowest BCUT2D eigenvalue weighted by atomic mass is 10.1. The minimum Gasteiger partial charge on any atom is -0.329 e. The van der Waals surface area contributed by atoms with E-state index >= 15 is 0 Å². The van der Waals surface area contributed by atoms with Crippen LogP contribution in [0.1, 0.15) is 38.6 Å². The van der Waals surface area contributed by atoms with E-state index in [0.717, 1.165) is 4.90 Å². The molecule has 1 aliphatic heterocycles. The van der Waals surface area contributed by atoms with Gasteiger partial charge in [-0.3, -0.25) is 14.4 Å². The molecule has 1 saturated heterocycles. The first-order chi connectivity index (χ1) is 11.4. The molecular weight excluding hydrogens is 346 g/mol. The average Bonchev–Trinajstić information content (AvgIpc) is 2.89. The number of aromatic nitrogens is 2. The molecule has 10 heteroatoms. The van der Waals surface area contributed by atoms with E-state index in [0.29, 0.717) is 24.4 Å². The smallest absolute Gasteiger partial charge is 0.324 e. The molecule has 9 nitrogen and oxygen atoms in total. The monoisotopic (exact) mass is 371 g/mol. The highest BCUT2D eigenvalue weighted by atomic mass is 32.2. The Labute approximate surface area is 147 Å². The number of nitrogens with zero attached hydrogens (tertiary/aromatic N) is 3. The van der Waals surface area contributed by atoms with E-state index in [9.17, 15) is 18.0 Å². The van der Waals surface area contributed by atoms with Gasteiger partial charge < -0.3 is 5.32 Å². The van der Waals surface area contributed by atoms with Crippen LogP contribution in [0.15, 0.2) is 4.90 Å². The molecule has 2 N–H and O–H groups in total. The van der Waals surface area contributed by atoms with E-state index in [-0.39, 0.29) is 23.9 Å². The lowest BCUT2D eigenvalue weighted by Crippen LogP contribution is -2.40. The molecule has 140 valence electrons. The largest absolute Gasteiger partial charge is 0.329 e. The molecule has 2 heterocycles. The van der Waals surface area contributed by atoms with Crippen molar-refractivity contribution in [2.45, 2.75) is 58.0 Å². The maximum atomic E-state index is 12.6. The predicted octanol–water partition coefficient (Wildman–Crippen LogP) is 0.519. The summed E-state index contributed by atoms with van der Waals surface area (Å²) < 4.78 is 29.4. The Balaban J connectivity index is 2.11. The number of sulfonamides is 1. The topological polar surface area (TPSA) is 113 Å². The molecule has 0 saturated carbocycles. The van der Waals surface area contributed by atoms with Crippen LogP contribution in [-0.2, 0) is 21.4 Å². The first kappa shape index (κ1) is 19.4. The summed E-state index contributed by atoms with van der Waals surface area (Å²) in [5.41, 5.74) is 0.360. The number of carbonyl (C=O) groups excluding carboxylic acids is 2. The second-order valence-corrected chi connectivity index (χ2v) is 8.76. The molecule has 1 fully saturated rings. The van der Waals surface area contributed by atoms with Crippen molar-refractivity contribution in [1.29, 1.82) is 0 Å². The van der Waals surface area contributed by atoms with Crippen LogP contribution in [0.4, 0.5) is 4.79 Å². The standard InChI is InChI=1S/C15H25N5O4S/c1-10-13(25(23,24)18-15(3,4)5)11(2)20(17-10)8-6-7-19-12(21)9-16-14(19)22/h18H,6-9H2,1-5H3,(H,16,22). The van der Waals surface area contributed by atoms with Crippen LogP contribution in [0, 0.1) is 13.8 Å². The molecule has 25 heavy (non-hydrogen) atoms. The molecule has 0 atom stereocenters. The minimum absolute atomic E-state index is 0.0274. The Morgan fingerprint density at radius 3 is 2.36 bits per heavy atom. The molecule has 0 aromatic carbocycles. The summed E-state index contributed by atoms with van der Waals surface area (Å²) in [6, 6.07) is -0.393. The van der Waals surface area contributed by atoms with Gasteiger partial charge in [0.05, 0.1) is 17.9 Å². The van der Waals surface area contributed by atoms with Crippen LogP contribution < -0.4 is 10.0 Å². The van der Waals surface area contributed by atoms with Crippen LogP contribution in [0.2, 0.25) is 0 Å². The van der Waals surface area contributed by atoms with Crippen molar-refractivity contribution in [3.63, 3.8) is 0 Å². The highest BCUT2D eigenvalue weighted by Gasteiger charge is 2.30. The van der Waals surface area contributed by atoms with Crippen LogP contribution in [0.5, 0.6) is 0 Å². The van der Waals surface area contributed by atoms with Gasteiger partial charge in [-0.1, -0.05) is 0 Å². The SMILES string of the molecule is Cc1nn(CCCN2C(=O)CNC2=O)c(C)c1S(=O)(=O)NC(C)(C)C. The van der Waals surface area contributed by atoms with Gasteiger partial charge in [0.2, 0.25) is 15.9 Å². The Morgan fingerprint density at radius 1 is 1.20 bits per heavy atom. The number of amides is 3. The number of hydrogen-bond acceptors (Lipinski definition) is 5. The van der Waals surface area contributed by atoms with Crippen molar-refractivity contribution >= 4 is 22.0 Å². The maximum Gasteiger partial charge on any atom is 0.324 e. The van der Waals surface area contributed by atoms with Crippen molar-refractivity contribution in [2.24, 2.45) is 0 Å². The van der Waals surface area contributed by atoms with Gasteiger partial charge in [0.1, 0.15) is 4.90 Å². The Kier molecular flexibility index (Phi) is 5.24. The van der Waals surface area contributed by atoms with Crippen LogP contribution in [0.25, 0.3) is 0 Å². The van der Waals surface area contributed by atoms with Crippen molar-refractivity contribution in [3.05, 3.63) is 11.4 Å². The summed E-state index contributed by atoms with van der Waals surface area (Å²) in [5, 5.41) is 6.76. The molecule has 0 bridgehead atoms. The maximum absolute atomic E-state index is 12.6. The number of hydrogen-bond donors (Lipinski definition) is 2. The van der Waals surface area contributed by atoms with E-state index in [1.165, 1.54) is 0 Å². The minimum atomic E-state index is -3.68. The van der Waals surface area contributed by atoms with Gasteiger partial charge in [0.15, 0.2) is 0 Å².